The fourth-order valence-electron chi connectivity index (χ4n) is 1.57. The van der Waals surface area contributed by atoms with Gasteiger partial charge in [0, 0.05) is 6.04 Å². The second-order valence-corrected chi connectivity index (χ2v) is 6.00. The highest BCUT2D eigenvalue weighted by Gasteiger charge is 2.11. The Morgan fingerprint density at radius 1 is 1.50 bits per heavy atom. The van der Waals surface area contributed by atoms with Crippen molar-refractivity contribution in [3.05, 3.63) is 26.6 Å². The van der Waals surface area contributed by atoms with E-state index in [1.54, 1.807) is 0 Å². The van der Waals surface area contributed by atoms with Crippen LogP contribution in [-0.4, -0.2) is 25.1 Å². The van der Waals surface area contributed by atoms with Crippen molar-refractivity contribution in [2.45, 2.75) is 19.4 Å². The van der Waals surface area contributed by atoms with E-state index in [4.69, 9.17) is 15.7 Å². The minimum Gasteiger partial charge on any atom is -0.481 e. The van der Waals surface area contributed by atoms with E-state index in [0.717, 1.165) is 20.9 Å². The number of carbonyl (C=O) groups is 1. The average Bonchev–Trinajstić information content (AvgIpc) is 2.34. The molecule has 0 fully saturated rings. The summed E-state index contributed by atoms with van der Waals surface area (Å²) in [6.45, 7) is 1.76. The van der Waals surface area contributed by atoms with E-state index in [-0.39, 0.29) is 25.1 Å². The molecule has 1 atom stereocenters. The van der Waals surface area contributed by atoms with Crippen LogP contribution in [0.4, 0.5) is 0 Å². The van der Waals surface area contributed by atoms with Gasteiger partial charge in [0.2, 0.25) is 0 Å². The molecule has 20 heavy (non-hydrogen) atoms. The third kappa shape index (κ3) is 5.49. The van der Waals surface area contributed by atoms with Gasteiger partial charge in [0.1, 0.15) is 12.3 Å². The number of nitrogens with two attached hydrogens (primary N) is 1. The van der Waals surface area contributed by atoms with Crippen LogP contribution in [0, 0.1) is 11.3 Å². The molecular formula is C13H15Br2N3O2. The highest BCUT2D eigenvalue weighted by Crippen LogP contribution is 2.35. The molecule has 1 amide bonds. The first-order chi connectivity index (χ1) is 9.43. The van der Waals surface area contributed by atoms with Crippen molar-refractivity contribution in [2.75, 3.05) is 13.2 Å². The molecular weight excluding hydrogens is 390 g/mol. The van der Waals surface area contributed by atoms with Gasteiger partial charge in [0.25, 0.3) is 5.91 Å². The predicted molar refractivity (Wildman–Crippen MR) is 83.3 cm³/mol. The molecule has 0 heterocycles. The standard InChI is InChI=1S/C13H15Br2N3O2/c1-8(17)4-9-5-10(14)13(11(15)6-9)20-7-12(19)18-3-2-16/h5-6,8H,3-4,7,17H2,1H3,(H,18,19). The Bertz CT molecular complexity index is 504. The number of hydrogen-bond acceptors (Lipinski definition) is 4. The molecule has 0 radical (unpaired) electrons. The molecule has 3 N–H and O–H groups in total. The van der Waals surface area contributed by atoms with Crippen LogP contribution in [0.5, 0.6) is 5.75 Å². The maximum absolute atomic E-state index is 11.4. The second kappa shape index (κ2) is 8.25. The number of nitrogens with one attached hydrogen (secondary N) is 1. The highest BCUT2D eigenvalue weighted by molar-refractivity contribution is 9.11. The largest absolute Gasteiger partial charge is 0.481 e. The van der Waals surface area contributed by atoms with Gasteiger partial charge in [0.05, 0.1) is 15.0 Å². The van der Waals surface area contributed by atoms with Gasteiger partial charge in [0.15, 0.2) is 6.61 Å². The third-order valence-corrected chi connectivity index (χ3v) is 3.51. The molecule has 1 aromatic carbocycles. The lowest BCUT2D eigenvalue weighted by molar-refractivity contribution is -0.122. The molecule has 0 saturated carbocycles. The lowest BCUT2D eigenvalue weighted by atomic mass is 10.1. The predicted octanol–water partition coefficient (Wildman–Crippen LogP) is 2.12. The van der Waals surface area contributed by atoms with Gasteiger partial charge in [-0.05, 0) is 62.9 Å². The Labute approximate surface area is 134 Å². The van der Waals surface area contributed by atoms with Gasteiger partial charge in [-0.15, -0.1) is 0 Å². The Kier molecular flexibility index (Phi) is 6.99. The zero-order chi connectivity index (χ0) is 15.1. The number of amides is 1. The van der Waals surface area contributed by atoms with Crippen LogP contribution in [0.3, 0.4) is 0 Å². The summed E-state index contributed by atoms with van der Waals surface area (Å²) in [6, 6.07) is 5.72. The highest BCUT2D eigenvalue weighted by atomic mass is 79.9. The molecule has 0 saturated heterocycles. The fourth-order valence-corrected chi connectivity index (χ4v) is 3.08. The van der Waals surface area contributed by atoms with Crippen LogP contribution >= 0.6 is 31.9 Å². The molecule has 0 bridgehead atoms. The molecule has 1 rings (SSSR count). The monoisotopic (exact) mass is 403 g/mol. The molecule has 1 unspecified atom stereocenters. The van der Waals surface area contributed by atoms with Gasteiger partial charge in [-0.3, -0.25) is 4.79 Å². The van der Waals surface area contributed by atoms with E-state index in [9.17, 15) is 4.79 Å². The lowest BCUT2D eigenvalue weighted by Gasteiger charge is -2.13. The topological polar surface area (TPSA) is 88.1 Å². The van der Waals surface area contributed by atoms with Crippen LogP contribution in [-0.2, 0) is 11.2 Å². The Morgan fingerprint density at radius 3 is 2.60 bits per heavy atom. The first kappa shape index (κ1) is 17.0. The van der Waals surface area contributed by atoms with Crippen LogP contribution < -0.4 is 15.8 Å². The van der Waals surface area contributed by atoms with Crippen LogP contribution in [0.2, 0.25) is 0 Å². The molecule has 0 aliphatic rings. The summed E-state index contributed by atoms with van der Waals surface area (Å²) in [5, 5.41) is 10.8. The molecule has 1 aromatic rings. The van der Waals surface area contributed by atoms with Crippen molar-refractivity contribution in [2.24, 2.45) is 5.73 Å². The Morgan fingerprint density at radius 2 is 2.10 bits per heavy atom. The fraction of sp³-hybridized carbons (Fsp3) is 0.385. The van der Waals surface area contributed by atoms with Crippen LogP contribution in [0.1, 0.15) is 12.5 Å². The lowest BCUT2D eigenvalue weighted by Crippen LogP contribution is -2.29. The minimum atomic E-state index is -0.343. The number of nitrogens with zero attached hydrogens (tertiary/aromatic N) is 1. The van der Waals surface area contributed by atoms with Crippen molar-refractivity contribution in [3.63, 3.8) is 0 Å². The summed E-state index contributed by atoms with van der Waals surface area (Å²) in [5.74, 6) is 0.204. The maximum Gasteiger partial charge on any atom is 0.258 e. The molecule has 5 nitrogen and oxygen atoms in total. The van der Waals surface area contributed by atoms with Gasteiger partial charge in [-0.1, -0.05) is 0 Å². The third-order valence-electron chi connectivity index (χ3n) is 2.33. The second-order valence-electron chi connectivity index (χ2n) is 4.29. The number of rotatable bonds is 6. The summed E-state index contributed by atoms with van der Waals surface area (Å²) in [6.07, 6.45) is 0.750. The first-order valence-corrected chi connectivity index (χ1v) is 7.52. The SMILES string of the molecule is CC(N)Cc1cc(Br)c(OCC(=O)NCC#N)c(Br)c1. The summed E-state index contributed by atoms with van der Waals surface area (Å²) < 4.78 is 6.93. The molecule has 0 aliphatic heterocycles. The van der Waals surface area contributed by atoms with E-state index < -0.39 is 0 Å². The molecule has 0 aliphatic carbocycles. The summed E-state index contributed by atoms with van der Waals surface area (Å²) in [5.41, 5.74) is 6.84. The minimum absolute atomic E-state index is 0.0299. The maximum atomic E-state index is 11.4. The number of hydrogen-bond donors (Lipinski definition) is 2. The van der Waals surface area contributed by atoms with Gasteiger partial charge >= 0.3 is 0 Å². The number of nitriles is 1. The normalized spacial score (nSPS) is 11.6. The van der Waals surface area contributed by atoms with Crippen molar-refractivity contribution >= 4 is 37.8 Å². The summed E-state index contributed by atoms with van der Waals surface area (Å²) >= 11 is 6.82. The van der Waals surface area contributed by atoms with Crippen molar-refractivity contribution < 1.29 is 9.53 Å². The van der Waals surface area contributed by atoms with Crippen LogP contribution in [0.15, 0.2) is 21.1 Å². The number of benzene rings is 1. The van der Waals surface area contributed by atoms with Crippen molar-refractivity contribution in [1.82, 2.24) is 5.32 Å². The van der Waals surface area contributed by atoms with Crippen LogP contribution in [0.25, 0.3) is 0 Å². The van der Waals surface area contributed by atoms with E-state index in [0.29, 0.717) is 5.75 Å². The van der Waals surface area contributed by atoms with E-state index in [1.807, 2.05) is 25.1 Å². The molecule has 0 spiro atoms. The first-order valence-electron chi connectivity index (χ1n) is 5.94. The summed E-state index contributed by atoms with van der Waals surface area (Å²) in [7, 11) is 0. The summed E-state index contributed by atoms with van der Waals surface area (Å²) in [4.78, 5) is 11.4. The molecule has 108 valence electrons. The Balaban J connectivity index is 2.72. The van der Waals surface area contributed by atoms with Crippen molar-refractivity contribution in [1.29, 1.82) is 5.26 Å². The smallest absolute Gasteiger partial charge is 0.258 e. The van der Waals surface area contributed by atoms with Gasteiger partial charge < -0.3 is 15.8 Å². The zero-order valence-corrected chi connectivity index (χ0v) is 14.1. The number of carbonyl (C=O) groups excluding carboxylic acids is 1. The van der Waals surface area contributed by atoms with E-state index >= 15 is 0 Å². The zero-order valence-electron chi connectivity index (χ0n) is 11.0. The van der Waals surface area contributed by atoms with Gasteiger partial charge in [-0.25, -0.2) is 0 Å². The van der Waals surface area contributed by atoms with Gasteiger partial charge in [-0.2, -0.15) is 5.26 Å². The molecule has 0 aromatic heterocycles. The molecule has 7 heteroatoms. The average molecular weight is 405 g/mol. The van der Waals surface area contributed by atoms with E-state index in [2.05, 4.69) is 37.2 Å². The van der Waals surface area contributed by atoms with Crippen molar-refractivity contribution in [3.8, 4) is 11.8 Å². The number of ether oxygens (including phenoxy) is 1. The van der Waals surface area contributed by atoms with E-state index in [1.165, 1.54) is 0 Å². The quantitative estimate of drug-likeness (QED) is 0.710. The number of halogens is 2. The Hall–Kier alpha value is -1.10.